The van der Waals surface area contributed by atoms with Crippen molar-refractivity contribution in [1.82, 2.24) is 4.98 Å². The number of aromatic nitrogens is 1. The minimum Gasteiger partial charge on any atom is -0.256 e. The molecule has 0 aliphatic rings. The highest BCUT2D eigenvalue weighted by molar-refractivity contribution is 6.39. The van der Waals surface area contributed by atoms with E-state index < -0.39 is 0 Å². The number of hydrogen-bond acceptors (Lipinski definition) is 1. The predicted octanol–water partition coefficient (Wildman–Crippen LogP) is 9.17. The smallest absolute Gasteiger partial charge is 0.0709 e. The van der Waals surface area contributed by atoms with E-state index in [4.69, 9.17) is 16.6 Å². The van der Waals surface area contributed by atoms with Crippen LogP contribution in [0.4, 0.5) is 0 Å². The molecule has 1 nitrogen and oxygen atoms in total. The van der Waals surface area contributed by atoms with E-state index in [-0.39, 0.29) is 0 Å². The molecule has 0 unspecified atom stereocenters. The van der Waals surface area contributed by atoms with Gasteiger partial charge in [-0.05, 0) is 61.3 Å². The summed E-state index contributed by atoms with van der Waals surface area (Å²) in [6.45, 7) is 0. The summed E-state index contributed by atoms with van der Waals surface area (Å²) in [6, 6.07) is 36.3. The summed E-state index contributed by atoms with van der Waals surface area (Å²) in [5, 5.41) is 13.3. The fourth-order valence-electron chi connectivity index (χ4n) is 5.32. The second kappa shape index (κ2) is 7.03. The van der Waals surface area contributed by atoms with E-state index in [1.165, 1.54) is 53.9 Å². The van der Waals surface area contributed by atoms with E-state index in [1.807, 2.05) is 24.4 Å². The number of rotatable bonds is 1. The molecular weight excluding hydrogens is 422 g/mol. The molecule has 7 aromatic rings. The van der Waals surface area contributed by atoms with E-state index >= 15 is 0 Å². The van der Waals surface area contributed by atoms with Crippen LogP contribution in [0.15, 0.2) is 109 Å². The maximum absolute atomic E-state index is 6.28. The van der Waals surface area contributed by atoms with Crippen molar-refractivity contribution in [2.45, 2.75) is 0 Å². The molecule has 1 heterocycles. The van der Waals surface area contributed by atoms with Gasteiger partial charge < -0.3 is 0 Å². The second-order valence-electron chi connectivity index (χ2n) is 8.51. The van der Waals surface area contributed by atoms with Crippen LogP contribution >= 0.6 is 11.6 Å². The van der Waals surface area contributed by atoms with Gasteiger partial charge in [-0.25, -0.2) is 0 Å². The van der Waals surface area contributed by atoms with Crippen LogP contribution in [-0.4, -0.2) is 4.98 Å². The predicted molar refractivity (Wildman–Crippen MR) is 142 cm³/mol. The van der Waals surface area contributed by atoms with E-state index in [1.54, 1.807) is 0 Å². The molecule has 2 heteroatoms. The molecule has 0 amide bonds. The molecule has 7 rings (SSSR count). The van der Waals surface area contributed by atoms with Gasteiger partial charge in [0.2, 0.25) is 0 Å². The van der Waals surface area contributed by atoms with Crippen LogP contribution in [0.2, 0.25) is 5.02 Å². The summed E-state index contributed by atoms with van der Waals surface area (Å²) in [5.41, 5.74) is 1.96. The van der Waals surface area contributed by atoms with Gasteiger partial charge in [-0.15, -0.1) is 0 Å². The summed E-state index contributed by atoms with van der Waals surface area (Å²) in [5.74, 6) is 0. The first-order valence-corrected chi connectivity index (χ1v) is 11.5. The first kappa shape index (κ1) is 18.6. The average Bonchev–Trinajstić information content (AvgIpc) is 2.88. The molecule has 0 aliphatic heterocycles. The zero-order valence-electron chi connectivity index (χ0n) is 17.7. The van der Waals surface area contributed by atoms with Crippen LogP contribution in [0, 0.1) is 0 Å². The topological polar surface area (TPSA) is 12.9 Å². The van der Waals surface area contributed by atoms with Gasteiger partial charge in [-0.2, -0.15) is 0 Å². The van der Waals surface area contributed by atoms with Gasteiger partial charge in [0.15, 0.2) is 0 Å². The normalized spacial score (nSPS) is 11.8. The van der Waals surface area contributed by atoms with Gasteiger partial charge in [-0.1, -0.05) is 96.5 Å². The fourth-order valence-corrected chi connectivity index (χ4v) is 5.51. The molecule has 33 heavy (non-hydrogen) atoms. The molecule has 0 atom stereocenters. The molecule has 0 fully saturated rings. The summed E-state index contributed by atoms with van der Waals surface area (Å²) in [6.07, 6.45) is 2.04. The van der Waals surface area contributed by atoms with E-state index in [2.05, 4.69) is 84.9 Å². The number of halogens is 1. The highest BCUT2D eigenvalue weighted by Gasteiger charge is 2.16. The molecule has 0 saturated carbocycles. The first-order valence-electron chi connectivity index (χ1n) is 11.1. The number of pyridine rings is 1. The van der Waals surface area contributed by atoms with E-state index in [0.717, 1.165) is 16.3 Å². The third-order valence-electron chi connectivity index (χ3n) is 6.71. The number of nitrogens with zero attached hydrogens (tertiary/aromatic N) is 1. The summed E-state index contributed by atoms with van der Waals surface area (Å²) in [4.78, 5) is 4.90. The van der Waals surface area contributed by atoms with Gasteiger partial charge >= 0.3 is 0 Å². The Bertz CT molecular complexity index is 1880. The Kier molecular flexibility index (Phi) is 3.97. The van der Waals surface area contributed by atoms with Gasteiger partial charge in [-0.3, -0.25) is 4.98 Å². The van der Waals surface area contributed by atoms with Gasteiger partial charge in [0.1, 0.15) is 0 Å². The van der Waals surface area contributed by atoms with Crippen molar-refractivity contribution in [3.8, 4) is 11.3 Å². The lowest BCUT2D eigenvalue weighted by molar-refractivity contribution is 1.36. The van der Waals surface area contributed by atoms with Crippen molar-refractivity contribution in [3.05, 3.63) is 114 Å². The lowest BCUT2D eigenvalue weighted by atomic mass is 9.87. The minimum absolute atomic E-state index is 0.718. The van der Waals surface area contributed by atoms with Crippen LogP contribution < -0.4 is 0 Å². The highest BCUT2D eigenvalue weighted by Crippen LogP contribution is 2.44. The molecule has 0 aliphatic carbocycles. The summed E-state index contributed by atoms with van der Waals surface area (Å²) < 4.78 is 0. The zero-order chi connectivity index (χ0) is 21.9. The molecule has 0 spiro atoms. The van der Waals surface area contributed by atoms with Crippen molar-refractivity contribution in [2.24, 2.45) is 0 Å². The monoisotopic (exact) mass is 439 g/mol. The maximum atomic E-state index is 6.28. The molecule has 1 aromatic heterocycles. The molecule has 0 radical (unpaired) electrons. The Balaban J connectivity index is 1.76. The van der Waals surface area contributed by atoms with Crippen LogP contribution in [0.5, 0.6) is 0 Å². The maximum Gasteiger partial charge on any atom is 0.0709 e. The molecular formula is C31H18ClN. The van der Waals surface area contributed by atoms with Crippen molar-refractivity contribution < 1.29 is 0 Å². The van der Waals surface area contributed by atoms with Crippen molar-refractivity contribution >= 4 is 65.5 Å². The Morgan fingerprint density at radius 3 is 1.55 bits per heavy atom. The van der Waals surface area contributed by atoms with Crippen molar-refractivity contribution in [3.63, 3.8) is 0 Å². The number of benzene rings is 6. The summed E-state index contributed by atoms with van der Waals surface area (Å²) in [7, 11) is 0. The molecule has 0 N–H and O–H groups in total. The zero-order valence-corrected chi connectivity index (χ0v) is 18.5. The molecule has 0 bridgehead atoms. The molecule has 0 saturated heterocycles. The van der Waals surface area contributed by atoms with Crippen molar-refractivity contribution in [1.29, 1.82) is 0 Å². The standard InChI is InChI=1S/C31H18ClN/c32-20-9-7-8-19(16-20)29-17-27-23-12-3-6-15-26(23)30-24-13-4-1-10-21(24)22-11-2-5-14-25(22)31(30)28(27)18-33-29/h1-18H. The van der Waals surface area contributed by atoms with Crippen LogP contribution in [0.1, 0.15) is 0 Å². The lowest BCUT2D eigenvalue weighted by Crippen LogP contribution is -1.90. The summed E-state index contributed by atoms with van der Waals surface area (Å²) >= 11 is 6.28. The Morgan fingerprint density at radius 2 is 0.970 bits per heavy atom. The Labute approximate surface area is 195 Å². The lowest BCUT2D eigenvalue weighted by Gasteiger charge is -2.16. The first-order chi connectivity index (χ1) is 16.3. The van der Waals surface area contributed by atoms with Crippen LogP contribution in [0.3, 0.4) is 0 Å². The highest BCUT2D eigenvalue weighted by atomic mass is 35.5. The Morgan fingerprint density at radius 1 is 0.455 bits per heavy atom. The van der Waals surface area contributed by atoms with Gasteiger partial charge in [0.25, 0.3) is 0 Å². The molecule has 6 aromatic carbocycles. The third kappa shape index (κ3) is 2.70. The minimum atomic E-state index is 0.718. The van der Waals surface area contributed by atoms with Crippen LogP contribution in [0.25, 0.3) is 65.1 Å². The fraction of sp³-hybridized carbons (Fsp3) is 0. The number of fused-ring (bicyclic) bond motifs is 11. The van der Waals surface area contributed by atoms with E-state index in [0.29, 0.717) is 0 Å². The SMILES string of the molecule is Clc1cccc(-c2cc3c4ccccc4c4c5ccccc5c5ccccc5c4c3cn2)c1. The second-order valence-corrected chi connectivity index (χ2v) is 8.95. The third-order valence-corrected chi connectivity index (χ3v) is 6.95. The van der Waals surface area contributed by atoms with Crippen LogP contribution in [-0.2, 0) is 0 Å². The largest absolute Gasteiger partial charge is 0.256 e. The number of hydrogen-bond donors (Lipinski definition) is 0. The van der Waals surface area contributed by atoms with Gasteiger partial charge in [0, 0.05) is 27.6 Å². The quantitative estimate of drug-likeness (QED) is 0.232. The van der Waals surface area contributed by atoms with Gasteiger partial charge in [0.05, 0.1) is 5.69 Å². The Hall–Kier alpha value is -3.94. The average molecular weight is 440 g/mol. The molecule has 154 valence electrons. The van der Waals surface area contributed by atoms with Crippen molar-refractivity contribution in [2.75, 3.05) is 0 Å². The van der Waals surface area contributed by atoms with E-state index in [9.17, 15) is 0 Å².